The summed E-state index contributed by atoms with van der Waals surface area (Å²) in [5.41, 5.74) is 5.65. The Balaban J connectivity index is 2.36. The Morgan fingerprint density at radius 3 is 2.42 bits per heavy atom. The molecule has 0 aromatic heterocycles. The first kappa shape index (κ1) is 16.8. The van der Waals surface area contributed by atoms with E-state index in [0.717, 1.165) is 32.5 Å². The van der Waals surface area contributed by atoms with Gasteiger partial charge in [0.1, 0.15) is 0 Å². The van der Waals surface area contributed by atoms with E-state index in [9.17, 15) is 4.79 Å². The highest BCUT2D eigenvalue weighted by molar-refractivity contribution is 8.00. The lowest BCUT2D eigenvalue weighted by atomic mass is 9.94. The highest BCUT2D eigenvalue weighted by Crippen LogP contribution is 2.26. The Morgan fingerprint density at radius 2 is 1.89 bits per heavy atom. The number of carbonyl (C=O) groups excluding carboxylic acids is 1. The maximum absolute atomic E-state index is 12.3. The van der Waals surface area contributed by atoms with Crippen LogP contribution >= 0.6 is 11.8 Å². The second kappa shape index (κ2) is 8.85. The van der Waals surface area contributed by atoms with E-state index in [1.54, 1.807) is 0 Å². The molecule has 0 radical (unpaired) electrons. The third-order valence-electron chi connectivity index (χ3n) is 3.81. The molecule has 2 N–H and O–H groups in total. The molecule has 3 atom stereocenters. The van der Waals surface area contributed by atoms with Gasteiger partial charge in [-0.1, -0.05) is 33.6 Å². The summed E-state index contributed by atoms with van der Waals surface area (Å²) in [6, 6.07) is 0. The van der Waals surface area contributed by atoms with Crippen LogP contribution in [-0.2, 0) is 4.79 Å². The number of nitrogens with two attached hydrogens (primary N) is 1. The van der Waals surface area contributed by atoms with Gasteiger partial charge < -0.3 is 10.6 Å². The molecule has 1 fully saturated rings. The monoisotopic (exact) mass is 286 g/mol. The van der Waals surface area contributed by atoms with Crippen molar-refractivity contribution in [3.8, 4) is 0 Å². The van der Waals surface area contributed by atoms with Gasteiger partial charge in [-0.3, -0.25) is 4.79 Å². The Hall–Kier alpha value is -0.220. The van der Waals surface area contributed by atoms with E-state index in [0.29, 0.717) is 28.7 Å². The predicted molar refractivity (Wildman–Crippen MR) is 84.4 cm³/mol. The molecule has 1 aliphatic rings. The normalized spacial score (nSPS) is 25.4. The summed E-state index contributed by atoms with van der Waals surface area (Å²) in [7, 11) is 0. The molecule has 3 nitrogen and oxygen atoms in total. The van der Waals surface area contributed by atoms with Crippen molar-refractivity contribution in [2.45, 2.75) is 63.4 Å². The summed E-state index contributed by atoms with van der Waals surface area (Å²) in [5.74, 6) is 0.977. The summed E-state index contributed by atoms with van der Waals surface area (Å²) in [4.78, 5) is 14.4. The van der Waals surface area contributed by atoms with Gasteiger partial charge in [-0.15, -0.1) is 0 Å². The first-order valence-corrected chi connectivity index (χ1v) is 8.64. The largest absolute Gasteiger partial charge is 0.341 e. The van der Waals surface area contributed by atoms with Crippen LogP contribution in [-0.4, -0.2) is 40.9 Å². The number of carbonyl (C=O) groups is 1. The van der Waals surface area contributed by atoms with Crippen molar-refractivity contribution in [1.82, 2.24) is 4.90 Å². The van der Waals surface area contributed by atoms with E-state index in [2.05, 4.69) is 25.7 Å². The molecule has 1 aliphatic heterocycles. The van der Waals surface area contributed by atoms with Crippen LogP contribution < -0.4 is 5.73 Å². The van der Waals surface area contributed by atoms with Gasteiger partial charge in [0.15, 0.2) is 0 Å². The lowest BCUT2D eigenvalue weighted by Crippen LogP contribution is -2.44. The molecule has 1 heterocycles. The molecule has 0 aromatic rings. The van der Waals surface area contributed by atoms with Crippen molar-refractivity contribution in [3.05, 3.63) is 0 Å². The Bertz CT molecular complexity index is 257. The van der Waals surface area contributed by atoms with Gasteiger partial charge in [-0.2, -0.15) is 11.8 Å². The second-order valence-electron chi connectivity index (χ2n) is 5.83. The van der Waals surface area contributed by atoms with Gasteiger partial charge in [-0.05, 0) is 25.3 Å². The summed E-state index contributed by atoms with van der Waals surface area (Å²) >= 11 is 1.99. The van der Waals surface area contributed by atoms with Crippen LogP contribution in [0.1, 0.15) is 52.9 Å². The van der Waals surface area contributed by atoms with E-state index < -0.39 is 0 Å². The van der Waals surface area contributed by atoms with Crippen LogP contribution in [0, 0.1) is 5.92 Å². The van der Waals surface area contributed by atoms with Crippen molar-refractivity contribution in [1.29, 1.82) is 0 Å². The van der Waals surface area contributed by atoms with Crippen LogP contribution in [0.15, 0.2) is 0 Å². The summed E-state index contributed by atoms with van der Waals surface area (Å²) < 4.78 is 0. The molecular weight excluding hydrogens is 256 g/mol. The third kappa shape index (κ3) is 6.17. The summed E-state index contributed by atoms with van der Waals surface area (Å²) in [6.07, 6.45) is 5.16. The fraction of sp³-hybridized carbons (Fsp3) is 0.933. The highest BCUT2D eigenvalue weighted by Gasteiger charge is 2.25. The van der Waals surface area contributed by atoms with Crippen molar-refractivity contribution in [3.63, 3.8) is 0 Å². The second-order valence-corrected chi connectivity index (χ2v) is 7.71. The topological polar surface area (TPSA) is 46.3 Å². The predicted octanol–water partition coefficient (Wildman–Crippen LogP) is 2.88. The summed E-state index contributed by atoms with van der Waals surface area (Å²) in [5, 5.41) is 1.14. The van der Waals surface area contributed by atoms with Gasteiger partial charge in [0.25, 0.3) is 0 Å². The van der Waals surface area contributed by atoms with Crippen LogP contribution in [0.25, 0.3) is 0 Å². The molecular formula is C15H30N2OS. The average molecular weight is 286 g/mol. The molecule has 1 amide bonds. The zero-order chi connectivity index (χ0) is 14.3. The van der Waals surface area contributed by atoms with E-state index in [-0.39, 0.29) is 0 Å². The standard InChI is InChI=1S/C15H30N2OS/c1-4-5-14(8-9-16)6-7-15(18)17-10-12(2)19-13(3)11-17/h12-14H,4-11,16H2,1-3H3. The molecule has 0 aliphatic carbocycles. The maximum Gasteiger partial charge on any atom is 0.222 e. The third-order valence-corrected chi connectivity index (χ3v) is 5.04. The minimum atomic E-state index is 0.345. The molecule has 0 aromatic carbocycles. The molecule has 3 unspecified atom stereocenters. The van der Waals surface area contributed by atoms with Gasteiger partial charge in [-0.25, -0.2) is 0 Å². The van der Waals surface area contributed by atoms with E-state index >= 15 is 0 Å². The van der Waals surface area contributed by atoms with Crippen LogP contribution in [0.3, 0.4) is 0 Å². The Kier molecular flexibility index (Phi) is 7.84. The SMILES string of the molecule is CCCC(CCN)CCC(=O)N1CC(C)SC(C)C1. The van der Waals surface area contributed by atoms with Gasteiger partial charge >= 0.3 is 0 Å². The first-order valence-electron chi connectivity index (χ1n) is 7.70. The number of thioether (sulfide) groups is 1. The minimum absolute atomic E-state index is 0.345. The number of hydrogen-bond acceptors (Lipinski definition) is 3. The zero-order valence-corrected chi connectivity index (χ0v) is 13.5. The number of nitrogens with zero attached hydrogens (tertiary/aromatic N) is 1. The van der Waals surface area contributed by atoms with Crippen LogP contribution in [0.4, 0.5) is 0 Å². The van der Waals surface area contributed by atoms with E-state index in [4.69, 9.17) is 5.73 Å². The fourth-order valence-electron chi connectivity index (χ4n) is 2.94. The molecule has 0 saturated carbocycles. The van der Waals surface area contributed by atoms with Crippen molar-refractivity contribution in [2.24, 2.45) is 11.7 Å². The number of rotatable bonds is 7. The smallest absolute Gasteiger partial charge is 0.222 e. The lowest BCUT2D eigenvalue weighted by molar-refractivity contribution is -0.131. The van der Waals surface area contributed by atoms with Crippen molar-refractivity contribution >= 4 is 17.7 Å². The summed E-state index contributed by atoms with van der Waals surface area (Å²) in [6.45, 7) is 9.22. The minimum Gasteiger partial charge on any atom is -0.341 e. The Morgan fingerprint density at radius 1 is 1.26 bits per heavy atom. The van der Waals surface area contributed by atoms with E-state index in [1.165, 1.54) is 12.8 Å². The van der Waals surface area contributed by atoms with Crippen LogP contribution in [0.2, 0.25) is 0 Å². The Labute approximate surface area is 122 Å². The highest BCUT2D eigenvalue weighted by atomic mass is 32.2. The molecule has 19 heavy (non-hydrogen) atoms. The quantitative estimate of drug-likeness (QED) is 0.783. The zero-order valence-electron chi connectivity index (χ0n) is 12.7. The van der Waals surface area contributed by atoms with Gasteiger partial charge in [0.2, 0.25) is 5.91 Å². The average Bonchev–Trinajstić information content (AvgIpc) is 2.35. The van der Waals surface area contributed by atoms with Gasteiger partial charge in [0.05, 0.1) is 0 Å². The first-order chi connectivity index (χ1) is 9.06. The lowest BCUT2D eigenvalue weighted by Gasteiger charge is -2.35. The maximum atomic E-state index is 12.3. The van der Waals surface area contributed by atoms with Crippen molar-refractivity contribution in [2.75, 3.05) is 19.6 Å². The fourth-order valence-corrected chi connectivity index (χ4v) is 4.27. The van der Waals surface area contributed by atoms with Gasteiger partial charge in [0, 0.05) is 30.0 Å². The number of hydrogen-bond donors (Lipinski definition) is 1. The molecule has 0 bridgehead atoms. The van der Waals surface area contributed by atoms with E-state index in [1.807, 2.05) is 11.8 Å². The van der Waals surface area contributed by atoms with Crippen molar-refractivity contribution < 1.29 is 4.79 Å². The molecule has 1 rings (SSSR count). The number of amides is 1. The van der Waals surface area contributed by atoms with Crippen LogP contribution in [0.5, 0.6) is 0 Å². The molecule has 1 saturated heterocycles. The molecule has 4 heteroatoms. The molecule has 0 spiro atoms. The molecule has 112 valence electrons.